The van der Waals surface area contributed by atoms with E-state index in [0.29, 0.717) is 45.4 Å². The van der Waals surface area contributed by atoms with Gasteiger partial charge in [-0.15, -0.1) is 0 Å². The van der Waals surface area contributed by atoms with Gasteiger partial charge in [-0.1, -0.05) is 13.8 Å². The lowest BCUT2D eigenvalue weighted by Crippen LogP contribution is -2.56. The van der Waals surface area contributed by atoms with E-state index < -0.39 is 32.7 Å². The molecule has 0 fully saturated rings. The third kappa shape index (κ3) is 6.96. The van der Waals surface area contributed by atoms with Gasteiger partial charge >= 0.3 is 20.7 Å². The summed E-state index contributed by atoms with van der Waals surface area (Å²) in [5.41, 5.74) is -1.41. The Bertz CT molecular complexity index is 418. The first-order valence-corrected chi connectivity index (χ1v) is 11.3. The van der Waals surface area contributed by atoms with Crippen molar-refractivity contribution in [1.29, 1.82) is 0 Å². The number of hydrogen-bond donors (Lipinski definition) is 2. The molecule has 0 aromatic carbocycles. The molecule has 0 radical (unpaired) electrons. The van der Waals surface area contributed by atoms with Crippen LogP contribution in [0.15, 0.2) is 0 Å². The van der Waals surface area contributed by atoms with Crippen LogP contribution < -0.4 is 0 Å². The molecular weight excluding hydrogens is 358 g/mol. The van der Waals surface area contributed by atoms with Crippen LogP contribution in [0.2, 0.25) is 6.04 Å². The van der Waals surface area contributed by atoms with E-state index in [1.807, 2.05) is 27.7 Å². The molecule has 0 saturated heterocycles. The van der Waals surface area contributed by atoms with Crippen molar-refractivity contribution in [2.24, 2.45) is 0 Å². The summed E-state index contributed by atoms with van der Waals surface area (Å²) in [6.07, 6.45) is 0.389. The Morgan fingerprint density at radius 3 is 1.77 bits per heavy atom. The average Bonchev–Trinajstić information content (AvgIpc) is 2.57. The molecule has 0 rings (SSSR count). The van der Waals surface area contributed by atoms with Crippen molar-refractivity contribution < 1.29 is 33.1 Å². The highest BCUT2D eigenvalue weighted by molar-refractivity contribution is 6.60. The summed E-state index contributed by atoms with van der Waals surface area (Å²) in [6.45, 7) is 11.5. The zero-order chi connectivity index (χ0) is 20.2. The van der Waals surface area contributed by atoms with E-state index >= 15 is 0 Å². The Labute approximate surface area is 157 Å². The van der Waals surface area contributed by atoms with E-state index in [0.717, 1.165) is 0 Å². The predicted octanol–water partition coefficient (Wildman–Crippen LogP) is 2.45. The molecule has 9 heteroatoms. The summed E-state index contributed by atoms with van der Waals surface area (Å²) in [7, 11) is -2.79. The van der Waals surface area contributed by atoms with Crippen LogP contribution in [-0.2, 0) is 22.9 Å². The molecular formula is C17H35NO7Si. The van der Waals surface area contributed by atoms with E-state index in [4.69, 9.17) is 13.3 Å². The number of carboxylic acid groups (broad SMARTS) is 2. The van der Waals surface area contributed by atoms with Gasteiger partial charge in [0.2, 0.25) is 0 Å². The number of hydrogen-bond acceptors (Lipinski definition) is 6. The second-order valence-corrected chi connectivity index (χ2v) is 8.66. The summed E-state index contributed by atoms with van der Waals surface area (Å²) in [5, 5.41) is 18.9. The maximum Gasteiger partial charge on any atom is 0.500 e. The Morgan fingerprint density at radius 1 is 0.962 bits per heavy atom. The number of aliphatic carboxylic acids is 2. The molecule has 8 nitrogen and oxygen atoms in total. The van der Waals surface area contributed by atoms with Gasteiger partial charge in [0.05, 0.1) is 6.42 Å². The van der Waals surface area contributed by atoms with Crippen molar-refractivity contribution in [3.63, 3.8) is 0 Å². The van der Waals surface area contributed by atoms with Crippen LogP contribution in [-0.4, -0.2) is 74.3 Å². The fourth-order valence-corrected chi connectivity index (χ4v) is 5.83. The van der Waals surface area contributed by atoms with E-state index in [9.17, 15) is 19.8 Å². The van der Waals surface area contributed by atoms with Gasteiger partial charge in [0.25, 0.3) is 0 Å². The number of rotatable bonds is 16. The average molecular weight is 394 g/mol. The normalized spacial score (nSPS) is 14.4. The Balaban J connectivity index is 5.23. The van der Waals surface area contributed by atoms with Gasteiger partial charge in [0.15, 0.2) is 0 Å². The van der Waals surface area contributed by atoms with Crippen LogP contribution in [0.25, 0.3) is 0 Å². The smallest absolute Gasteiger partial charge is 0.481 e. The second kappa shape index (κ2) is 12.4. The van der Waals surface area contributed by atoms with Crippen molar-refractivity contribution in [3.8, 4) is 0 Å². The lowest BCUT2D eigenvalue weighted by Gasteiger charge is -2.39. The Hall–Kier alpha value is -1.00. The van der Waals surface area contributed by atoms with Gasteiger partial charge < -0.3 is 23.5 Å². The van der Waals surface area contributed by atoms with Crippen LogP contribution in [0.4, 0.5) is 0 Å². The number of carbonyl (C=O) groups is 2. The number of nitrogens with zero attached hydrogens (tertiary/aromatic N) is 1. The molecule has 0 aromatic rings. The van der Waals surface area contributed by atoms with Gasteiger partial charge in [-0.05, 0) is 46.7 Å². The first kappa shape index (κ1) is 25.0. The van der Waals surface area contributed by atoms with E-state index in [2.05, 4.69) is 0 Å². The lowest BCUT2D eigenvalue weighted by atomic mass is 9.89. The lowest BCUT2D eigenvalue weighted by molar-refractivity contribution is -0.159. The molecule has 0 aliphatic rings. The quantitative estimate of drug-likeness (QED) is 0.385. The molecule has 0 aliphatic heterocycles. The molecule has 0 unspecified atom stereocenters. The maximum atomic E-state index is 11.9. The Morgan fingerprint density at radius 2 is 1.46 bits per heavy atom. The first-order valence-electron chi connectivity index (χ1n) is 9.39. The largest absolute Gasteiger partial charge is 0.500 e. The fourth-order valence-electron chi connectivity index (χ4n) is 3.24. The van der Waals surface area contributed by atoms with Crippen molar-refractivity contribution in [1.82, 2.24) is 4.90 Å². The maximum absolute atomic E-state index is 11.9. The van der Waals surface area contributed by atoms with Crippen molar-refractivity contribution >= 4 is 20.7 Å². The number of likely N-dealkylation sites (N-methyl/N-ethyl adjacent to an activating group) is 1. The zero-order valence-corrected chi connectivity index (χ0v) is 17.7. The summed E-state index contributed by atoms with van der Waals surface area (Å²) in [6, 6.07) is 0.561. The first-order chi connectivity index (χ1) is 12.3. The van der Waals surface area contributed by atoms with E-state index in [-0.39, 0.29) is 6.42 Å². The highest BCUT2D eigenvalue weighted by Crippen LogP contribution is 2.27. The minimum absolute atomic E-state index is 0.216. The molecule has 0 bridgehead atoms. The second-order valence-electron chi connectivity index (χ2n) is 5.93. The zero-order valence-electron chi connectivity index (χ0n) is 16.7. The molecule has 2 N–H and O–H groups in total. The summed E-state index contributed by atoms with van der Waals surface area (Å²) >= 11 is 0. The molecule has 154 valence electrons. The minimum Gasteiger partial charge on any atom is -0.481 e. The van der Waals surface area contributed by atoms with Crippen LogP contribution in [0.1, 0.15) is 53.9 Å². The van der Waals surface area contributed by atoms with Crippen molar-refractivity contribution in [2.75, 3.05) is 32.9 Å². The van der Waals surface area contributed by atoms with E-state index in [1.165, 1.54) is 0 Å². The summed E-state index contributed by atoms with van der Waals surface area (Å²) in [4.78, 5) is 24.9. The molecule has 1 atom stereocenters. The van der Waals surface area contributed by atoms with Crippen LogP contribution in [0.3, 0.4) is 0 Å². The molecule has 0 aromatic heterocycles. The third-order valence-corrected chi connectivity index (χ3v) is 7.57. The van der Waals surface area contributed by atoms with Crippen molar-refractivity contribution in [3.05, 3.63) is 0 Å². The van der Waals surface area contributed by atoms with E-state index in [1.54, 1.807) is 11.8 Å². The highest BCUT2D eigenvalue weighted by Gasteiger charge is 2.45. The molecule has 0 spiro atoms. The molecule has 0 amide bonds. The van der Waals surface area contributed by atoms with Gasteiger partial charge in [0, 0.05) is 25.9 Å². The van der Waals surface area contributed by atoms with Gasteiger partial charge in [0.1, 0.15) is 5.54 Å². The Kier molecular flexibility index (Phi) is 11.9. The SMILES string of the molecule is CCO[Si](CCCN(CC)[C@@](CC)(CC(=O)O)C(=O)O)(OCC)OCC. The van der Waals surface area contributed by atoms with Crippen LogP contribution in [0.5, 0.6) is 0 Å². The van der Waals surface area contributed by atoms with Gasteiger partial charge in [-0.3, -0.25) is 14.5 Å². The van der Waals surface area contributed by atoms with Crippen molar-refractivity contribution in [2.45, 2.75) is 65.5 Å². The van der Waals surface area contributed by atoms with Crippen LogP contribution in [0, 0.1) is 0 Å². The van der Waals surface area contributed by atoms with Gasteiger partial charge in [-0.2, -0.15) is 0 Å². The molecule has 0 saturated carbocycles. The fraction of sp³-hybridized carbons (Fsp3) is 0.882. The predicted molar refractivity (Wildman–Crippen MR) is 100 cm³/mol. The summed E-state index contributed by atoms with van der Waals surface area (Å²) in [5.74, 6) is -2.22. The third-order valence-electron chi connectivity index (χ3n) is 4.42. The topological polar surface area (TPSA) is 106 Å². The molecule has 26 heavy (non-hydrogen) atoms. The summed E-state index contributed by atoms with van der Waals surface area (Å²) < 4.78 is 17.4. The van der Waals surface area contributed by atoms with Gasteiger partial charge in [-0.25, -0.2) is 0 Å². The highest BCUT2D eigenvalue weighted by atomic mass is 28.4. The molecule has 0 heterocycles. The molecule has 0 aliphatic carbocycles. The monoisotopic (exact) mass is 393 g/mol. The standard InChI is InChI=1S/C17H35NO7Si/c1-6-17(16(21)22,14-15(19)20)18(7-2)12-11-13-26(23-8-3,24-9-4)25-10-5/h6-14H2,1-5H3,(H,19,20)(H,21,22)/t17-/m0/s1. The minimum atomic E-state index is -2.79. The number of carboxylic acids is 2. The van der Waals surface area contributed by atoms with Crippen LogP contribution >= 0.6 is 0 Å².